The second-order valence-electron chi connectivity index (χ2n) is 7.55. The van der Waals surface area contributed by atoms with Crippen LogP contribution in [0, 0.1) is 6.92 Å². The molecule has 0 heterocycles. The molecule has 1 aliphatic carbocycles. The molecule has 1 aliphatic rings. The van der Waals surface area contributed by atoms with E-state index in [-0.39, 0.29) is 6.17 Å². The first kappa shape index (κ1) is 19.8. The van der Waals surface area contributed by atoms with E-state index in [1.54, 1.807) is 0 Å². The van der Waals surface area contributed by atoms with Crippen LogP contribution in [0.1, 0.15) is 42.9 Å². The molecule has 0 spiro atoms. The lowest BCUT2D eigenvalue weighted by Gasteiger charge is -2.26. The van der Waals surface area contributed by atoms with Gasteiger partial charge in [0.05, 0.1) is 11.9 Å². The predicted molar refractivity (Wildman–Crippen MR) is 111 cm³/mol. The van der Waals surface area contributed by atoms with Gasteiger partial charge in [-0.15, -0.1) is 0 Å². The number of nitrogens with one attached hydrogen (secondary N) is 1. The average Bonchev–Trinajstić information content (AvgIpc) is 3.06. The van der Waals surface area contributed by atoms with Gasteiger partial charge in [-0.05, 0) is 56.6 Å². The highest BCUT2D eigenvalue weighted by atomic mass is 16.6. The molecule has 5 heteroatoms. The number of aliphatic hydroxyl groups is 1. The highest BCUT2D eigenvalue weighted by Gasteiger charge is 2.20. The van der Waals surface area contributed by atoms with E-state index in [1.807, 2.05) is 14.1 Å². The largest absolute Gasteiger partial charge is 0.395 e. The third kappa shape index (κ3) is 4.67. The van der Waals surface area contributed by atoms with Crippen molar-refractivity contribution in [3.05, 3.63) is 47.0 Å². The number of hydrogen-bond donors (Lipinski definition) is 2. The Morgan fingerprint density at radius 3 is 2.78 bits per heavy atom. The fraction of sp³-hybridized carbons (Fsp3) is 0.500. The number of fused-ring (bicyclic) bond motifs is 3. The molecule has 0 amide bonds. The lowest BCUT2D eigenvalue weighted by Crippen LogP contribution is -2.46. The molecule has 0 saturated heterocycles. The minimum absolute atomic E-state index is 0.157. The van der Waals surface area contributed by atoms with Gasteiger partial charge in [0.15, 0.2) is 0 Å². The van der Waals surface area contributed by atoms with Gasteiger partial charge in [-0.1, -0.05) is 48.0 Å². The zero-order chi connectivity index (χ0) is 19.4. The summed E-state index contributed by atoms with van der Waals surface area (Å²) >= 11 is 0. The minimum Gasteiger partial charge on any atom is -0.395 e. The van der Waals surface area contributed by atoms with Crippen LogP contribution >= 0.6 is 0 Å². The van der Waals surface area contributed by atoms with Gasteiger partial charge in [0.1, 0.15) is 12.8 Å². The summed E-state index contributed by atoms with van der Waals surface area (Å²) in [5, 5.41) is 20.3. The Hall–Kier alpha value is -1.95. The molecule has 0 bridgehead atoms. The Morgan fingerprint density at radius 2 is 2.04 bits per heavy atom. The van der Waals surface area contributed by atoms with Crippen LogP contribution in [0.5, 0.6) is 0 Å². The number of oxime groups is 1. The van der Waals surface area contributed by atoms with Gasteiger partial charge >= 0.3 is 0 Å². The molecule has 2 aromatic carbocycles. The zero-order valence-electron chi connectivity index (χ0n) is 16.8. The van der Waals surface area contributed by atoms with Gasteiger partial charge in [0, 0.05) is 12.0 Å². The smallest absolute Gasteiger partial charge is 0.121 e. The van der Waals surface area contributed by atoms with Crippen molar-refractivity contribution in [3.63, 3.8) is 0 Å². The lowest BCUT2D eigenvalue weighted by atomic mass is 9.99. The molecule has 2 unspecified atom stereocenters. The quantitative estimate of drug-likeness (QED) is 0.425. The number of hydrogen-bond acceptors (Lipinski definition) is 5. The second kappa shape index (κ2) is 8.83. The molecule has 0 radical (unpaired) electrons. The molecule has 0 aromatic heterocycles. The molecule has 27 heavy (non-hydrogen) atoms. The van der Waals surface area contributed by atoms with E-state index in [0.29, 0.717) is 13.0 Å². The third-order valence-electron chi connectivity index (χ3n) is 5.26. The predicted octanol–water partition coefficient (Wildman–Crippen LogP) is 3.41. The Labute approximate surface area is 162 Å². The number of benzene rings is 2. The molecular formula is C22H31N3O2. The van der Waals surface area contributed by atoms with Crippen molar-refractivity contribution in [2.75, 3.05) is 20.7 Å². The van der Waals surface area contributed by atoms with Gasteiger partial charge in [-0.25, -0.2) is 0 Å². The van der Waals surface area contributed by atoms with E-state index >= 15 is 0 Å². The van der Waals surface area contributed by atoms with E-state index in [4.69, 9.17) is 4.84 Å². The summed E-state index contributed by atoms with van der Waals surface area (Å²) in [4.78, 5) is 7.59. The van der Waals surface area contributed by atoms with E-state index in [2.05, 4.69) is 59.6 Å². The number of nitrogens with zero attached hydrogens (tertiary/aromatic N) is 2. The number of rotatable bonds is 8. The van der Waals surface area contributed by atoms with E-state index in [9.17, 15) is 5.11 Å². The van der Waals surface area contributed by atoms with Crippen molar-refractivity contribution >= 4 is 16.5 Å². The Bertz CT molecular complexity index is 817. The fourth-order valence-electron chi connectivity index (χ4n) is 3.75. The van der Waals surface area contributed by atoms with E-state index in [1.165, 1.54) is 27.5 Å². The Morgan fingerprint density at radius 1 is 1.22 bits per heavy atom. The monoisotopic (exact) mass is 369 g/mol. The van der Waals surface area contributed by atoms with Gasteiger partial charge in [-0.2, -0.15) is 0 Å². The van der Waals surface area contributed by atoms with Gasteiger partial charge in [-0.3, -0.25) is 10.2 Å². The summed E-state index contributed by atoms with van der Waals surface area (Å²) in [6.07, 6.45) is 2.90. The zero-order valence-corrected chi connectivity index (χ0v) is 16.8. The van der Waals surface area contributed by atoms with Crippen LogP contribution in [0.25, 0.3) is 10.8 Å². The third-order valence-corrected chi connectivity index (χ3v) is 5.26. The standard InChI is InChI=1S/C22H31N3O2/c1-5-21(25(3)4)23-22(26)12-13-27-24-20-11-10-18-17-8-6-15(2)14-16(17)7-9-19(18)20/h6-9,14,21-23,26H,5,10-13H2,1-4H3/b24-20+. The minimum atomic E-state index is -0.597. The number of aryl methyl sites for hydroxylation is 2. The fourth-order valence-corrected chi connectivity index (χ4v) is 3.75. The maximum absolute atomic E-state index is 10.1. The van der Waals surface area contributed by atoms with Crippen molar-refractivity contribution in [3.8, 4) is 0 Å². The lowest BCUT2D eigenvalue weighted by molar-refractivity contribution is 0.0428. The summed E-state index contributed by atoms with van der Waals surface area (Å²) in [5.74, 6) is 0. The maximum Gasteiger partial charge on any atom is 0.121 e. The van der Waals surface area contributed by atoms with Gasteiger partial charge < -0.3 is 9.94 Å². The SMILES string of the molecule is CCC(NC(O)CCO/N=C1\CCc2c1ccc1cc(C)ccc21)N(C)C. The summed E-state index contributed by atoms with van der Waals surface area (Å²) in [6.45, 7) is 4.61. The molecule has 2 atom stereocenters. The first-order valence-corrected chi connectivity index (χ1v) is 9.81. The van der Waals surface area contributed by atoms with Crippen LogP contribution in [-0.4, -0.2) is 48.8 Å². The van der Waals surface area contributed by atoms with Crippen LogP contribution in [0.2, 0.25) is 0 Å². The van der Waals surface area contributed by atoms with Gasteiger partial charge in [0.2, 0.25) is 0 Å². The van der Waals surface area contributed by atoms with Crippen molar-refractivity contribution in [1.82, 2.24) is 10.2 Å². The van der Waals surface area contributed by atoms with Crippen molar-refractivity contribution in [2.24, 2.45) is 5.16 Å². The highest BCUT2D eigenvalue weighted by Crippen LogP contribution is 2.30. The van der Waals surface area contributed by atoms with Crippen LogP contribution in [0.15, 0.2) is 35.5 Å². The Balaban J connectivity index is 1.58. The van der Waals surface area contributed by atoms with Crippen molar-refractivity contribution in [2.45, 2.75) is 51.9 Å². The highest BCUT2D eigenvalue weighted by molar-refractivity contribution is 6.08. The molecular weight excluding hydrogens is 338 g/mol. The molecule has 0 aliphatic heterocycles. The van der Waals surface area contributed by atoms with Crippen LogP contribution in [0.3, 0.4) is 0 Å². The Kier molecular flexibility index (Phi) is 6.47. The van der Waals surface area contributed by atoms with E-state index in [0.717, 1.165) is 25.0 Å². The van der Waals surface area contributed by atoms with Crippen molar-refractivity contribution in [1.29, 1.82) is 0 Å². The number of aliphatic hydroxyl groups excluding tert-OH is 1. The molecule has 2 aromatic rings. The second-order valence-corrected chi connectivity index (χ2v) is 7.55. The first-order valence-electron chi connectivity index (χ1n) is 9.81. The normalized spacial score (nSPS) is 17.5. The van der Waals surface area contributed by atoms with Gasteiger partial charge in [0.25, 0.3) is 0 Å². The topological polar surface area (TPSA) is 57.1 Å². The van der Waals surface area contributed by atoms with Crippen molar-refractivity contribution < 1.29 is 9.94 Å². The van der Waals surface area contributed by atoms with Crippen LogP contribution in [0.4, 0.5) is 0 Å². The summed E-state index contributed by atoms with van der Waals surface area (Å²) < 4.78 is 0. The summed E-state index contributed by atoms with van der Waals surface area (Å²) in [7, 11) is 4.00. The molecule has 2 N–H and O–H groups in total. The molecule has 3 rings (SSSR count). The van der Waals surface area contributed by atoms with E-state index < -0.39 is 6.23 Å². The molecule has 0 saturated carbocycles. The summed E-state index contributed by atoms with van der Waals surface area (Å²) in [6, 6.07) is 10.9. The van der Waals surface area contributed by atoms with Crippen LogP contribution < -0.4 is 5.32 Å². The summed E-state index contributed by atoms with van der Waals surface area (Å²) in [5.41, 5.74) is 4.86. The first-order chi connectivity index (χ1) is 13.0. The molecule has 146 valence electrons. The molecule has 0 fully saturated rings. The molecule has 5 nitrogen and oxygen atoms in total. The van der Waals surface area contributed by atoms with Crippen LogP contribution in [-0.2, 0) is 11.3 Å². The average molecular weight is 370 g/mol. The maximum atomic E-state index is 10.1.